The highest BCUT2D eigenvalue weighted by Gasteiger charge is 2.17. The first-order chi connectivity index (χ1) is 11.5. The number of hydrazone groups is 1. The third kappa shape index (κ3) is 2.90. The van der Waals surface area contributed by atoms with Crippen molar-refractivity contribution in [2.24, 2.45) is 5.10 Å². The number of carbonyl (C=O) groups excluding carboxylic acids is 1. The lowest BCUT2D eigenvalue weighted by atomic mass is 10.1. The number of para-hydroxylation sites is 1. The van der Waals surface area contributed by atoms with Crippen LogP contribution >= 0.6 is 0 Å². The molecule has 1 amide bonds. The summed E-state index contributed by atoms with van der Waals surface area (Å²) in [5.74, 6) is -1.63. The van der Waals surface area contributed by atoms with Gasteiger partial charge < -0.3 is 4.42 Å². The van der Waals surface area contributed by atoms with Crippen LogP contribution in [-0.4, -0.2) is 11.6 Å². The average molecular weight is 328 g/mol. The number of nitrogens with one attached hydrogen (secondary N) is 1. The smallest absolute Gasteiger partial charge is 0.307 e. The predicted molar refractivity (Wildman–Crippen MR) is 87.0 cm³/mol. The Hall–Kier alpha value is -3.02. The van der Waals surface area contributed by atoms with Gasteiger partial charge in [0.05, 0.1) is 5.71 Å². The van der Waals surface area contributed by atoms with Gasteiger partial charge in [-0.1, -0.05) is 18.2 Å². The average Bonchev–Trinajstić information content (AvgIpc) is 2.92. The number of rotatable bonds is 3. The number of benzene rings is 2. The Balaban J connectivity index is 1.86. The maximum atomic E-state index is 13.7. The van der Waals surface area contributed by atoms with Gasteiger partial charge in [-0.05, 0) is 38.1 Å². The van der Waals surface area contributed by atoms with Crippen LogP contribution in [0.4, 0.5) is 8.78 Å². The first-order valence-corrected chi connectivity index (χ1v) is 7.25. The molecule has 0 spiro atoms. The monoisotopic (exact) mass is 328 g/mol. The number of carbonyl (C=O) groups is 1. The number of halogens is 2. The molecule has 0 aliphatic carbocycles. The summed E-state index contributed by atoms with van der Waals surface area (Å²) in [6.07, 6.45) is 0. The Morgan fingerprint density at radius 2 is 1.92 bits per heavy atom. The van der Waals surface area contributed by atoms with E-state index in [1.165, 1.54) is 6.92 Å². The Kier molecular flexibility index (Phi) is 4.12. The van der Waals surface area contributed by atoms with E-state index in [1.54, 1.807) is 13.0 Å². The summed E-state index contributed by atoms with van der Waals surface area (Å²) in [6.45, 7) is 3.24. The highest BCUT2D eigenvalue weighted by molar-refractivity contribution is 6.02. The van der Waals surface area contributed by atoms with Gasteiger partial charge in [0.1, 0.15) is 17.2 Å². The normalized spacial score (nSPS) is 11.8. The van der Waals surface area contributed by atoms with Gasteiger partial charge >= 0.3 is 5.91 Å². The minimum Gasteiger partial charge on any atom is -0.451 e. The number of nitrogens with zero attached hydrogens (tertiary/aromatic N) is 1. The van der Waals surface area contributed by atoms with Crippen molar-refractivity contribution in [1.29, 1.82) is 0 Å². The molecule has 0 radical (unpaired) electrons. The lowest BCUT2D eigenvalue weighted by Gasteiger charge is -2.04. The SMILES string of the molecule is C/C(=N/NC(=O)c1oc2ccccc2c1C)c1cc(F)ccc1F. The fourth-order valence-corrected chi connectivity index (χ4v) is 2.41. The topological polar surface area (TPSA) is 54.6 Å². The summed E-state index contributed by atoms with van der Waals surface area (Å²) in [5, 5.41) is 4.67. The van der Waals surface area contributed by atoms with Gasteiger partial charge in [0, 0.05) is 16.5 Å². The predicted octanol–water partition coefficient (Wildman–Crippen LogP) is 4.17. The molecule has 0 unspecified atom stereocenters. The molecule has 1 N–H and O–H groups in total. The van der Waals surface area contributed by atoms with E-state index in [9.17, 15) is 13.6 Å². The first-order valence-electron chi connectivity index (χ1n) is 7.25. The second kappa shape index (κ2) is 6.23. The molecule has 6 heteroatoms. The van der Waals surface area contributed by atoms with Crippen LogP contribution in [0.1, 0.15) is 28.6 Å². The number of furan rings is 1. The summed E-state index contributed by atoms with van der Waals surface area (Å²) in [5.41, 5.74) is 3.72. The molecule has 0 aliphatic heterocycles. The van der Waals surface area contributed by atoms with Gasteiger partial charge in [-0.25, -0.2) is 14.2 Å². The number of fused-ring (bicyclic) bond motifs is 1. The van der Waals surface area contributed by atoms with Crippen LogP contribution in [0.5, 0.6) is 0 Å². The molecule has 3 aromatic rings. The molecule has 24 heavy (non-hydrogen) atoms. The van der Waals surface area contributed by atoms with E-state index in [4.69, 9.17) is 4.42 Å². The van der Waals surface area contributed by atoms with Crippen molar-refractivity contribution in [3.63, 3.8) is 0 Å². The molecule has 1 heterocycles. The molecule has 0 bridgehead atoms. The second-order valence-electron chi connectivity index (χ2n) is 5.31. The Morgan fingerprint density at radius 1 is 1.17 bits per heavy atom. The zero-order valence-corrected chi connectivity index (χ0v) is 13.1. The van der Waals surface area contributed by atoms with Gasteiger partial charge in [0.25, 0.3) is 0 Å². The third-order valence-corrected chi connectivity index (χ3v) is 3.69. The van der Waals surface area contributed by atoms with Crippen molar-refractivity contribution in [3.8, 4) is 0 Å². The molecule has 0 saturated heterocycles. The van der Waals surface area contributed by atoms with Gasteiger partial charge in [0.2, 0.25) is 0 Å². The minimum atomic E-state index is -0.619. The molecule has 0 atom stereocenters. The van der Waals surface area contributed by atoms with E-state index >= 15 is 0 Å². The Bertz CT molecular complexity index is 961. The summed E-state index contributed by atoms with van der Waals surface area (Å²) < 4.78 is 32.4. The number of hydrogen-bond acceptors (Lipinski definition) is 3. The quantitative estimate of drug-likeness (QED) is 0.579. The summed E-state index contributed by atoms with van der Waals surface area (Å²) in [4.78, 5) is 12.2. The van der Waals surface area contributed by atoms with Crippen LogP contribution in [0.3, 0.4) is 0 Å². The van der Waals surface area contributed by atoms with Gasteiger partial charge in [0.15, 0.2) is 5.76 Å². The minimum absolute atomic E-state index is 0.0170. The Morgan fingerprint density at radius 3 is 2.67 bits per heavy atom. The van der Waals surface area contributed by atoms with E-state index in [1.807, 2.05) is 18.2 Å². The lowest BCUT2D eigenvalue weighted by Crippen LogP contribution is -2.20. The van der Waals surface area contributed by atoms with Gasteiger partial charge in [-0.15, -0.1) is 0 Å². The number of hydrogen-bond donors (Lipinski definition) is 1. The Labute approximate surface area is 136 Å². The number of aryl methyl sites for hydroxylation is 1. The zero-order chi connectivity index (χ0) is 17.3. The molecular formula is C18H14F2N2O2. The van der Waals surface area contributed by atoms with E-state index in [0.29, 0.717) is 11.1 Å². The van der Waals surface area contributed by atoms with E-state index < -0.39 is 17.5 Å². The summed E-state index contributed by atoms with van der Waals surface area (Å²) in [6, 6.07) is 10.3. The van der Waals surface area contributed by atoms with E-state index in [2.05, 4.69) is 10.5 Å². The van der Waals surface area contributed by atoms with Gasteiger partial charge in [-0.3, -0.25) is 4.79 Å². The van der Waals surface area contributed by atoms with Crippen molar-refractivity contribution < 1.29 is 18.0 Å². The van der Waals surface area contributed by atoms with Crippen LogP contribution < -0.4 is 5.43 Å². The van der Waals surface area contributed by atoms with Crippen molar-refractivity contribution in [2.45, 2.75) is 13.8 Å². The molecule has 2 aromatic carbocycles. The van der Waals surface area contributed by atoms with Crippen LogP contribution in [0.15, 0.2) is 52.0 Å². The molecule has 3 rings (SSSR count). The van der Waals surface area contributed by atoms with E-state index in [0.717, 1.165) is 23.6 Å². The largest absolute Gasteiger partial charge is 0.451 e. The molecule has 122 valence electrons. The highest BCUT2D eigenvalue weighted by Crippen LogP contribution is 2.24. The second-order valence-corrected chi connectivity index (χ2v) is 5.31. The van der Waals surface area contributed by atoms with Crippen LogP contribution in [0.25, 0.3) is 11.0 Å². The fraction of sp³-hybridized carbons (Fsp3) is 0.111. The first kappa shape index (κ1) is 15.9. The van der Waals surface area contributed by atoms with Crippen LogP contribution in [-0.2, 0) is 0 Å². The maximum Gasteiger partial charge on any atom is 0.307 e. The van der Waals surface area contributed by atoms with Gasteiger partial charge in [-0.2, -0.15) is 5.10 Å². The summed E-state index contributed by atoms with van der Waals surface area (Å²) >= 11 is 0. The van der Waals surface area contributed by atoms with Crippen LogP contribution in [0, 0.1) is 18.6 Å². The number of amides is 1. The molecule has 0 aliphatic rings. The molecule has 0 fully saturated rings. The van der Waals surface area contributed by atoms with Crippen molar-refractivity contribution in [3.05, 3.63) is 71.0 Å². The summed E-state index contributed by atoms with van der Waals surface area (Å²) in [7, 11) is 0. The maximum absolute atomic E-state index is 13.7. The zero-order valence-electron chi connectivity index (χ0n) is 13.1. The molecule has 1 aromatic heterocycles. The van der Waals surface area contributed by atoms with Crippen molar-refractivity contribution in [2.75, 3.05) is 0 Å². The van der Waals surface area contributed by atoms with Crippen LogP contribution in [0.2, 0.25) is 0 Å². The van der Waals surface area contributed by atoms with E-state index in [-0.39, 0.29) is 17.0 Å². The highest BCUT2D eigenvalue weighted by atomic mass is 19.1. The third-order valence-electron chi connectivity index (χ3n) is 3.69. The molecule has 4 nitrogen and oxygen atoms in total. The fourth-order valence-electron chi connectivity index (χ4n) is 2.41. The lowest BCUT2D eigenvalue weighted by molar-refractivity contribution is 0.0928. The standard InChI is InChI=1S/C18H14F2N2O2/c1-10-13-5-3-4-6-16(13)24-17(10)18(23)22-21-11(2)14-9-12(19)7-8-15(14)20/h3-9H,1-2H3,(H,22,23)/b21-11-. The molecule has 0 saturated carbocycles. The molecular weight excluding hydrogens is 314 g/mol. The van der Waals surface area contributed by atoms with Crippen molar-refractivity contribution >= 4 is 22.6 Å². The van der Waals surface area contributed by atoms with Crippen molar-refractivity contribution in [1.82, 2.24) is 5.43 Å².